The van der Waals surface area contributed by atoms with Crippen LogP contribution in [0.4, 0.5) is 4.39 Å². The SMILES string of the molecule is NC(=O)c1ccc(F)c(COc2cncc(Br)c2)c1. The Morgan fingerprint density at radius 3 is 2.84 bits per heavy atom. The summed E-state index contributed by atoms with van der Waals surface area (Å²) in [6.07, 6.45) is 3.13. The summed E-state index contributed by atoms with van der Waals surface area (Å²) in [5.41, 5.74) is 5.64. The normalized spacial score (nSPS) is 10.2. The first-order chi connectivity index (χ1) is 9.06. The van der Waals surface area contributed by atoms with Crippen LogP contribution in [0.5, 0.6) is 5.75 Å². The van der Waals surface area contributed by atoms with Crippen LogP contribution >= 0.6 is 15.9 Å². The number of primary amides is 1. The molecule has 0 fully saturated rings. The van der Waals surface area contributed by atoms with Gasteiger partial charge in [-0.3, -0.25) is 9.78 Å². The van der Waals surface area contributed by atoms with Gasteiger partial charge in [-0.2, -0.15) is 0 Å². The van der Waals surface area contributed by atoms with Gasteiger partial charge < -0.3 is 10.5 Å². The standard InChI is InChI=1S/C13H10BrFN2O2/c14-10-4-11(6-17-5-10)19-7-9-3-8(13(16)18)1-2-12(9)15/h1-6H,7H2,(H2,16,18). The first-order valence-electron chi connectivity index (χ1n) is 5.38. The number of nitrogens with two attached hydrogens (primary N) is 1. The number of ether oxygens (including phenoxy) is 1. The lowest BCUT2D eigenvalue weighted by Gasteiger charge is -2.08. The van der Waals surface area contributed by atoms with Crippen molar-refractivity contribution in [2.24, 2.45) is 5.73 Å². The number of carbonyl (C=O) groups excluding carboxylic acids is 1. The topological polar surface area (TPSA) is 65.2 Å². The third-order valence-corrected chi connectivity index (χ3v) is 2.84. The van der Waals surface area contributed by atoms with Crippen LogP contribution in [0.1, 0.15) is 15.9 Å². The summed E-state index contributed by atoms with van der Waals surface area (Å²) < 4.78 is 19.7. The minimum absolute atomic E-state index is 0.00884. The van der Waals surface area contributed by atoms with Gasteiger partial charge in [-0.1, -0.05) is 0 Å². The third-order valence-electron chi connectivity index (χ3n) is 2.40. The number of aromatic nitrogens is 1. The average molecular weight is 325 g/mol. The summed E-state index contributed by atoms with van der Waals surface area (Å²) in [7, 11) is 0. The number of carbonyl (C=O) groups is 1. The van der Waals surface area contributed by atoms with Crippen molar-refractivity contribution in [1.82, 2.24) is 4.98 Å². The Morgan fingerprint density at radius 1 is 1.37 bits per heavy atom. The molecule has 1 aromatic heterocycles. The van der Waals surface area contributed by atoms with Crippen molar-refractivity contribution in [3.05, 3.63) is 58.1 Å². The lowest BCUT2D eigenvalue weighted by molar-refractivity contribution is 0.1000. The predicted molar refractivity (Wildman–Crippen MR) is 71.2 cm³/mol. The van der Waals surface area contributed by atoms with Crippen LogP contribution in [0.3, 0.4) is 0 Å². The van der Waals surface area contributed by atoms with Gasteiger partial charge in [0.15, 0.2) is 0 Å². The van der Waals surface area contributed by atoms with Gasteiger partial charge >= 0.3 is 0 Å². The summed E-state index contributed by atoms with van der Waals surface area (Å²) in [5.74, 6) is -0.559. The highest BCUT2D eigenvalue weighted by atomic mass is 79.9. The molecule has 2 N–H and O–H groups in total. The van der Waals surface area contributed by atoms with Crippen LogP contribution in [0.2, 0.25) is 0 Å². The van der Waals surface area contributed by atoms with E-state index in [2.05, 4.69) is 20.9 Å². The molecule has 0 bridgehead atoms. The maximum absolute atomic E-state index is 13.6. The van der Waals surface area contributed by atoms with Crippen molar-refractivity contribution in [3.63, 3.8) is 0 Å². The van der Waals surface area contributed by atoms with Gasteiger partial charge in [-0.15, -0.1) is 0 Å². The fraction of sp³-hybridized carbons (Fsp3) is 0.0769. The Kier molecular flexibility index (Phi) is 4.11. The van der Waals surface area contributed by atoms with Crippen LogP contribution in [0.25, 0.3) is 0 Å². The van der Waals surface area contributed by atoms with E-state index in [-0.39, 0.29) is 17.7 Å². The molecule has 0 saturated heterocycles. The molecule has 1 heterocycles. The van der Waals surface area contributed by atoms with E-state index < -0.39 is 11.7 Å². The molecule has 0 aliphatic carbocycles. The molecular formula is C13H10BrFN2O2. The molecule has 0 saturated carbocycles. The maximum Gasteiger partial charge on any atom is 0.248 e. The quantitative estimate of drug-likeness (QED) is 0.940. The molecule has 1 aromatic carbocycles. The van der Waals surface area contributed by atoms with Crippen molar-refractivity contribution in [3.8, 4) is 5.75 Å². The number of hydrogen-bond acceptors (Lipinski definition) is 3. The molecule has 2 rings (SSSR count). The van der Waals surface area contributed by atoms with Gasteiger partial charge in [0.05, 0.1) is 6.20 Å². The molecular weight excluding hydrogens is 315 g/mol. The Balaban J connectivity index is 2.15. The minimum atomic E-state index is -0.606. The lowest BCUT2D eigenvalue weighted by atomic mass is 10.1. The molecule has 0 aliphatic heterocycles. The fourth-order valence-corrected chi connectivity index (χ4v) is 1.81. The molecule has 0 unspecified atom stereocenters. The second-order valence-electron chi connectivity index (χ2n) is 3.80. The number of amides is 1. The number of rotatable bonds is 4. The number of nitrogens with zero attached hydrogens (tertiary/aromatic N) is 1. The number of pyridine rings is 1. The van der Waals surface area contributed by atoms with E-state index >= 15 is 0 Å². The van der Waals surface area contributed by atoms with Crippen LogP contribution in [0, 0.1) is 5.82 Å². The highest BCUT2D eigenvalue weighted by Crippen LogP contribution is 2.18. The molecule has 0 atom stereocenters. The molecule has 0 aliphatic rings. The summed E-state index contributed by atoms with van der Waals surface area (Å²) in [6, 6.07) is 5.62. The second-order valence-corrected chi connectivity index (χ2v) is 4.71. The van der Waals surface area contributed by atoms with Crippen LogP contribution in [-0.4, -0.2) is 10.9 Å². The van der Waals surface area contributed by atoms with Crippen molar-refractivity contribution in [1.29, 1.82) is 0 Å². The Morgan fingerprint density at radius 2 is 2.16 bits per heavy atom. The minimum Gasteiger partial charge on any atom is -0.487 e. The molecule has 1 amide bonds. The summed E-state index contributed by atoms with van der Waals surface area (Å²) in [6.45, 7) is -0.00884. The highest BCUT2D eigenvalue weighted by molar-refractivity contribution is 9.10. The molecule has 4 nitrogen and oxygen atoms in total. The van der Waals surface area contributed by atoms with Gasteiger partial charge in [0.1, 0.15) is 18.2 Å². The summed E-state index contributed by atoms with van der Waals surface area (Å²) >= 11 is 3.26. The molecule has 6 heteroatoms. The van der Waals surface area contributed by atoms with E-state index in [4.69, 9.17) is 10.5 Å². The number of benzene rings is 1. The number of hydrogen-bond donors (Lipinski definition) is 1. The van der Waals surface area contributed by atoms with E-state index in [9.17, 15) is 9.18 Å². The molecule has 0 spiro atoms. The van der Waals surface area contributed by atoms with E-state index in [0.717, 1.165) is 4.47 Å². The first kappa shape index (κ1) is 13.5. The van der Waals surface area contributed by atoms with Crippen LogP contribution in [-0.2, 0) is 6.61 Å². The van der Waals surface area contributed by atoms with Gasteiger partial charge in [-0.05, 0) is 40.2 Å². The molecule has 98 valence electrons. The van der Waals surface area contributed by atoms with Crippen molar-refractivity contribution in [2.45, 2.75) is 6.61 Å². The first-order valence-corrected chi connectivity index (χ1v) is 6.17. The third kappa shape index (κ3) is 3.51. The van der Waals surface area contributed by atoms with E-state index in [0.29, 0.717) is 5.75 Å². The van der Waals surface area contributed by atoms with Gasteiger partial charge in [0.2, 0.25) is 5.91 Å². The fourth-order valence-electron chi connectivity index (χ4n) is 1.47. The monoisotopic (exact) mass is 324 g/mol. The van der Waals surface area contributed by atoms with Crippen molar-refractivity contribution >= 4 is 21.8 Å². The zero-order valence-corrected chi connectivity index (χ0v) is 11.4. The van der Waals surface area contributed by atoms with E-state index in [1.165, 1.54) is 24.4 Å². The highest BCUT2D eigenvalue weighted by Gasteiger charge is 2.08. The Hall–Kier alpha value is -1.95. The molecule has 2 aromatic rings. The van der Waals surface area contributed by atoms with E-state index in [1.807, 2.05) is 0 Å². The van der Waals surface area contributed by atoms with Crippen LogP contribution < -0.4 is 10.5 Å². The van der Waals surface area contributed by atoms with Gasteiger partial charge in [-0.25, -0.2) is 4.39 Å². The van der Waals surface area contributed by atoms with Crippen LogP contribution in [0.15, 0.2) is 41.1 Å². The lowest BCUT2D eigenvalue weighted by Crippen LogP contribution is -2.12. The molecule has 19 heavy (non-hydrogen) atoms. The van der Waals surface area contributed by atoms with Crippen molar-refractivity contribution < 1.29 is 13.9 Å². The summed E-state index contributed by atoms with van der Waals surface area (Å²) in [4.78, 5) is 15.0. The van der Waals surface area contributed by atoms with E-state index in [1.54, 1.807) is 12.3 Å². The maximum atomic E-state index is 13.6. The zero-order chi connectivity index (χ0) is 13.8. The predicted octanol–water partition coefficient (Wildman–Crippen LogP) is 2.66. The zero-order valence-electron chi connectivity index (χ0n) is 9.77. The Bertz CT molecular complexity index is 619. The largest absolute Gasteiger partial charge is 0.487 e. The smallest absolute Gasteiger partial charge is 0.248 e. The number of halogens is 2. The van der Waals surface area contributed by atoms with Gasteiger partial charge in [0, 0.05) is 21.8 Å². The molecule has 0 radical (unpaired) electrons. The average Bonchev–Trinajstić information content (AvgIpc) is 2.37. The second kappa shape index (κ2) is 5.79. The Labute approximate surface area is 117 Å². The van der Waals surface area contributed by atoms with Crippen molar-refractivity contribution in [2.75, 3.05) is 0 Å². The summed E-state index contributed by atoms with van der Waals surface area (Å²) in [5, 5.41) is 0. The van der Waals surface area contributed by atoms with Gasteiger partial charge in [0.25, 0.3) is 0 Å².